The number of aliphatic hydroxyl groups is 1. The monoisotopic (exact) mass is 265 g/mol. The normalized spacial score (nSPS) is 12.6. The van der Waals surface area contributed by atoms with E-state index in [1.54, 1.807) is 0 Å². The predicted octanol–water partition coefficient (Wildman–Crippen LogP) is 1.59. The van der Waals surface area contributed by atoms with E-state index in [1.165, 1.54) is 18.5 Å². The Hall–Kier alpha value is -1.95. The van der Waals surface area contributed by atoms with Gasteiger partial charge in [0.25, 0.3) is 5.91 Å². The Bertz CT molecular complexity index is 582. The largest absolute Gasteiger partial charge is 0.396 e. The molecule has 102 valence electrons. The zero-order valence-electron chi connectivity index (χ0n) is 10.6. The Morgan fingerprint density at radius 3 is 3.11 bits per heavy atom. The highest BCUT2D eigenvalue weighted by molar-refractivity contribution is 6.04. The van der Waals surface area contributed by atoms with Gasteiger partial charge in [-0.1, -0.05) is 0 Å². The second-order valence-corrected chi connectivity index (χ2v) is 4.49. The van der Waals surface area contributed by atoms with Gasteiger partial charge in [-0.15, -0.1) is 0 Å². The van der Waals surface area contributed by atoms with E-state index in [4.69, 9.17) is 5.11 Å². The molecule has 0 spiro atoms. The van der Waals surface area contributed by atoms with Crippen molar-refractivity contribution in [1.29, 1.82) is 0 Å². The van der Waals surface area contributed by atoms with Crippen molar-refractivity contribution in [2.24, 2.45) is 0 Å². The number of aliphatic hydroxyl groups excluding tert-OH is 1. The number of hydrogen-bond donors (Lipinski definition) is 3. The first-order valence-corrected chi connectivity index (χ1v) is 6.16. The maximum Gasteiger partial charge on any atom is 0.253 e. The highest BCUT2D eigenvalue weighted by Crippen LogP contribution is 2.17. The first-order valence-electron chi connectivity index (χ1n) is 6.16. The minimum atomic E-state index is -0.482. The zero-order valence-corrected chi connectivity index (χ0v) is 10.6. The molecule has 0 saturated heterocycles. The smallest absolute Gasteiger partial charge is 0.253 e. The Morgan fingerprint density at radius 1 is 1.58 bits per heavy atom. The van der Waals surface area contributed by atoms with Crippen molar-refractivity contribution in [3.05, 3.63) is 29.8 Å². The topological polar surface area (TPSA) is 78.0 Å². The molecule has 2 rings (SSSR count). The summed E-state index contributed by atoms with van der Waals surface area (Å²) in [6.45, 7) is 1.93. The van der Waals surface area contributed by atoms with E-state index in [1.807, 2.05) is 6.92 Å². The molecule has 1 unspecified atom stereocenters. The van der Waals surface area contributed by atoms with Crippen LogP contribution >= 0.6 is 0 Å². The van der Waals surface area contributed by atoms with Gasteiger partial charge >= 0.3 is 0 Å². The number of nitrogens with one attached hydrogen (secondary N) is 2. The molecule has 0 aliphatic carbocycles. The zero-order chi connectivity index (χ0) is 13.8. The number of nitrogens with zero attached hydrogens (tertiary/aromatic N) is 1. The molecule has 0 saturated carbocycles. The number of H-pyrrole nitrogens is 1. The van der Waals surface area contributed by atoms with Crippen molar-refractivity contribution < 1.29 is 14.3 Å². The molecule has 0 radical (unpaired) electrons. The number of rotatable bonds is 5. The molecule has 1 aromatic carbocycles. The average molecular weight is 265 g/mol. The number of halogens is 1. The van der Waals surface area contributed by atoms with E-state index in [-0.39, 0.29) is 24.1 Å². The summed E-state index contributed by atoms with van der Waals surface area (Å²) < 4.78 is 13.4. The van der Waals surface area contributed by atoms with Crippen molar-refractivity contribution in [3.8, 4) is 0 Å². The van der Waals surface area contributed by atoms with Crippen LogP contribution in [0.2, 0.25) is 0 Å². The molecule has 1 amide bonds. The number of fused-ring (bicyclic) bond motifs is 1. The molecule has 0 aliphatic heterocycles. The number of carbonyl (C=O) groups is 1. The van der Waals surface area contributed by atoms with Gasteiger partial charge in [0, 0.05) is 12.6 Å². The number of hydrogen-bond acceptors (Lipinski definition) is 3. The quantitative estimate of drug-likeness (QED) is 0.768. The van der Waals surface area contributed by atoms with Crippen LogP contribution in [0.25, 0.3) is 11.0 Å². The van der Waals surface area contributed by atoms with Crippen molar-refractivity contribution in [1.82, 2.24) is 15.3 Å². The van der Waals surface area contributed by atoms with Crippen LogP contribution in [0.5, 0.6) is 0 Å². The molecule has 0 bridgehead atoms. The van der Waals surface area contributed by atoms with Crippen molar-refractivity contribution >= 4 is 16.9 Å². The van der Waals surface area contributed by atoms with Gasteiger partial charge in [-0.05, 0) is 31.9 Å². The lowest BCUT2D eigenvalue weighted by atomic mass is 10.1. The summed E-state index contributed by atoms with van der Waals surface area (Å²) >= 11 is 0. The van der Waals surface area contributed by atoms with Crippen LogP contribution < -0.4 is 5.32 Å². The molecular formula is C13H16FN3O2. The van der Waals surface area contributed by atoms with Crippen molar-refractivity contribution in [2.45, 2.75) is 25.8 Å². The highest BCUT2D eigenvalue weighted by atomic mass is 19.1. The third-order valence-corrected chi connectivity index (χ3v) is 2.91. The van der Waals surface area contributed by atoms with Gasteiger partial charge in [0.1, 0.15) is 11.3 Å². The van der Waals surface area contributed by atoms with Crippen LogP contribution in [0.3, 0.4) is 0 Å². The lowest BCUT2D eigenvalue weighted by molar-refractivity contribution is 0.0937. The summed E-state index contributed by atoms with van der Waals surface area (Å²) in [5.74, 6) is -0.841. The fourth-order valence-electron chi connectivity index (χ4n) is 1.96. The van der Waals surface area contributed by atoms with Crippen LogP contribution in [0.4, 0.5) is 4.39 Å². The van der Waals surface area contributed by atoms with Crippen LogP contribution in [0.15, 0.2) is 18.5 Å². The standard InChI is InChI=1S/C13H16FN3O2/c1-8(3-2-4-18)17-13(19)10-5-9(14)6-11-12(10)16-7-15-11/h5-8,18H,2-4H2,1H3,(H,15,16)(H,17,19). The van der Waals surface area contributed by atoms with Gasteiger partial charge < -0.3 is 15.4 Å². The third-order valence-electron chi connectivity index (χ3n) is 2.91. The number of benzene rings is 1. The van der Waals surface area contributed by atoms with Gasteiger partial charge in [-0.2, -0.15) is 0 Å². The molecular weight excluding hydrogens is 249 g/mol. The molecule has 0 aliphatic rings. The fraction of sp³-hybridized carbons (Fsp3) is 0.385. The predicted molar refractivity (Wildman–Crippen MR) is 69.3 cm³/mol. The van der Waals surface area contributed by atoms with E-state index >= 15 is 0 Å². The van der Waals surface area contributed by atoms with Crippen LogP contribution in [0, 0.1) is 5.82 Å². The van der Waals surface area contributed by atoms with Gasteiger partial charge in [-0.3, -0.25) is 4.79 Å². The minimum absolute atomic E-state index is 0.0862. The van der Waals surface area contributed by atoms with Gasteiger partial charge in [0.2, 0.25) is 0 Å². The molecule has 3 N–H and O–H groups in total. The van der Waals surface area contributed by atoms with E-state index in [0.717, 1.165) is 0 Å². The Morgan fingerprint density at radius 2 is 2.37 bits per heavy atom. The second kappa shape index (κ2) is 5.79. The molecule has 19 heavy (non-hydrogen) atoms. The number of amides is 1. The van der Waals surface area contributed by atoms with Crippen molar-refractivity contribution in [3.63, 3.8) is 0 Å². The van der Waals surface area contributed by atoms with Crippen molar-refractivity contribution in [2.75, 3.05) is 6.61 Å². The van der Waals surface area contributed by atoms with Gasteiger partial charge in [-0.25, -0.2) is 9.37 Å². The van der Waals surface area contributed by atoms with Crippen LogP contribution in [0.1, 0.15) is 30.1 Å². The summed E-state index contributed by atoms with van der Waals surface area (Å²) in [7, 11) is 0. The second-order valence-electron chi connectivity index (χ2n) is 4.49. The lowest BCUT2D eigenvalue weighted by Crippen LogP contribution is -2.32. The Labute approximate surface area is 109 Å². The van der Waals surface area contributed by atoms with E-state index in [0.29, 0.717) is 23.9 Å². The van der Waals surface area contributed by atoms with E-state index in [9.17, 15) is 9.18 Å². The van der Waals surface area contributed by atoms with E-state index < -0.39 is 5.82 Å². The van der Waals surface area contributed by atoms with Gasteiger partial charge in [0.15, 0.2) is 0 Å². The summed E-state index contributed by atoms with van der Waals surface area (Å²) in [5.41, 5.74) is 1.16. The van der Waals surface area contributed by atoms with Crippen LogP contribution in [-0.2, 0) is 0 Å². The molecule has 2 aromatic rings. The molecule has 5 nitrogen and oxygen atoms in total. The maximum atomic E-state index is 13.4. The maximum absolute atomic E-state index is 13.4. The molecule has 1 atom stereocenters. The SMILES string of the molecule is CC(CCCO)NC(=O)c1cc(F)cc2[nH]cnc12. The Balaban J connectivity index is 2.19. The molecule has 6 heteroatoms. The molecule has 1 heterocycles. The first-order chi connectivity index (χ1) is 9.11. The molecule has 1 aromatic heterocycles. The fourth-order valence-corrected chi connectivity index (χ4v) is 1.96. The van der Waals surface area contributed by atoms with Crippen LogP contribution in [-0.4, -0.2) is 33.6 Å². The summed E-state index contributed by atoms with van der Waals surface area (Å²) in [5, 5.41) is 11.5. The molecule has 0 fully saturated rings. The Kier molecular flexibility index (Phi) is 4.11. The summed E-state index contributed by atoms with van der Waals surface area (Å²) in [4.78, 5) is 18.9. The summed E-state index contributed by atoms with van der Waals surface area (Å²) in [6, 6.07) is 2.39. The van der Waals surface area contributed by atoms with E-state index in [2.05, 4.69) is 15.3 Å². The van der Waals surface area contributed by atoms with Gasteiger partial charge in [0.05, 0.1) is 17.4 Å². The highest BCUT2D eigenvalue weighted by Gasteiger charge is 2.15. The first kappa shape index (κ1) is 13.5. The number of aromatic nitrogens is 2. The minimum Gasteiger partial charge on any atom is -0.396 e. The third kappa shape index (κ3) is 3.08. The number of aromatic amines is 1. The summed E-state index contributed by atoms with van der Waals surface area (Å²) in [6.07, 6.45) is 2.71. The lowest BCUT2D eigenvalue weighted by Gasteiger charge is -2.13. The average Bonchev–Trinajstić information content (AvgIpc) is 2.83. The number of carbonyl (C=O) groups excluding carboxylic acids is 1. The number of imidazole rings is 1.